The van der Waals surface area contributed by atoms with Gasteiger partial charge < -0.3 is 10.6 Å². The molecule has 1 aromatic carbocycles. The van der Waals surface area contributed by atoms with E-state index in [2.05, 4.69) is 48.1 Å². The maximum absolute atomic E-state index is 12.8. The standard InChI is InChI=1S/C18H22N4O/c1-3-15-14(13-6-4-12(2)5-7-13)8-11-22(15)18(23)16-17(19)21-10-9-20-16/h4-7,9-10,14-15H,3,8,11H2,1-2H3,(H2,19,21)/t14-,15+/m1/s1. The smallest absolute Gasteiger partial charge is 0.276 e. The van der Waals surface area contributed by atoms with Crippen molar-refractivity contribution in [2.24, 2.45) is 0 Å². The van der Waals surface area contributed by atoms with E-state index in [0.717, 1.165) is 19.4 Å². The lowest BCUT2D eigenvalue weighted by atomic mass is 9.90. The molecule has 0 saturated carbocycles. The number of nitrogen functional groups attached to an aromatic ring is 1. The third kappa shape index (κ3) is 2.91. The quantitative estimate of drug-likeness (QED) is 0.946. The van der Waals surface area contributed by atoms with E-state index in [9.17, 15) is 4.79 Å². The van der Waals surface area contributed by atoms with Gasteiger partial charge in [0.05, 0.1) is 0 Å². The zero-order valence-electron chi connectivity index (χ0n) is 13.6. The number of likely N-dealkylation sites (tertiary alicyclic amines) is 1. The molecule has 2 heterocycles. The molecule has 2 atom stereocenters. The van der Waals surface area contributed by atoms with Gasteiger partial charge in [0.25, 0.3) is 5.91 Å². The molecule has 0 unspecified atom stereocenters. The highest BCUT2D eigenvalue weighted by Crippen LogP contribution is 2.36. The number of hydrogen-bond acceptors (Lipinski definition) is 4. The first kappa shape index (κ1) is 15.5. The summed E-state index contributed by atoms with van der Waals surface area (Å²) in [5.41, 5.74) is 8.62. The predicted molar refractivity (Wildman–Crippen MR) is 90.1 cm³/mol. The molecule has 2 N–H and O–H groups in total. The van der Waals surface area contributed by atoms with Crippen molar-refractivity contribution >= 4 is 11.7 Å². The molecule has 120 valence electrons. The van der Waals surface area contributed by atoms with E-state index < -0.39 is 0 Å². The largest absolute Gasteiger partial charge is 0.382 e. The molecular formula is C18H22N4O. The van der Waals surface area contributed by atoms with E-state index in [1.807, 2.05) is 4.90 Å². The Hall–Kier alpha value is -2.43. The highest BCUT2D eigenvalue weighted by atomic mass is 16.2. The number of hydrogen-bond donors (Lipinski definition) is 1. The van der Waals surface area contributed by atoms with Gasteiger partial charge in [0.2, 0.25) is 0 Å². The van der Waals surface area contributed by atoms with Gasteiger partial charge in [-0.15, -0.1) is 0 Å². The number of benzene rings is 1. The molecule has 1 saturated heterocycles. The number of amides is 1. The summed E-state index contributed by atoms with van der Waals surface area (Å²) in [5.74, 6) is 0.450. The van der Waals surface area contributed by atoms with Gasteiger partial charge in [-0.2, -0.15) is 0 Å². The number of carbonyl (C=O) groups is 1. The van der Waals surface area contributed by atoms with Crippen LogP contribution in [0.25, 0.3) is 0 Å². The summed E-state index contributed by atoms with van der Waals surface area (Å²) >= 11 is 0. The van der Waals surface area contributed by atoms with Crippen molar-refractivity contribution in [1.29, 1.82) is 0 Å². The van der Waals surface area contributed by atoms with Gasteiger partial charge in [-0.3, -0.25) is 4.79 Å². The normalized spacial score (nSPS) is 20.7. The molecule has 0 radical (unpaired) electrons. The van der Waals surface area contributed by atoms with Crippen molar-refractivity contribution in [1.82, 2.24) is 14.9 Å². The van der Waals surface area contributed by atoms with Crippen LogP contribution < -0.4 is 5.73 Å². The van der Waals surface area contributed by atoms with Gasteiger partial charge in [-0.25, -0.2) is 9.97 Å². The Labute approximate surface area is 136 Å². The van der Waals surface area contributed by atoms with Crippen molar-refractivity contribution in [2.45, 2.75) is 38.6 Å². The zero-order valence-corrected chi connectivity index (χ0v) is 13.6. The topological polar surface area (TPSA) is 72.1 Å². The number of carbonyl (C=O) groups excluding carboxylic acids is 1. The van der Waals surface area contributed by atoms with Gasteiger partial charge in [-0.05, 0) is 25.3 Å². The SMILES string of the molecule is CC[C@H]1[C@@H](c2ccc(C)cc2)CCN1C(=O)c1nccnc1N. The first-order valence-electron chi connectivity index (χ1n) is 8.05. The van der Waals surface area contributed by atoms with Crippen LogP contribution in [-0.4, -0.2) is 33.4 Å². The van der Waals surface area contributed by atoms with Crippen molar-refractivity contribution < 1.29 is 4.79 Å². The van der Waals surface area contributed by atoms with Gasteiger partial charge in [0, 0.05) is 30.9 Å². The summed E-state index contributed by atoms with van der Waals surface area (Å²) in [6, 6.07) is 8.78. The highest BCUT2D eigenvalue weighted by molar-refractivity contribution is 5.96. The van der Waals surface area contributed by atoms with E-state index in [1.165, 1.54) is 23.5 Å². The second-order valence-electron chi connectivity index (χ2n) is 6.07. The van der Waals surface area contributed by atoms with Crippen molar-refractivity contribution in [3.63, 3.8) is 0 Å². The van der Waals surface area contributed by atoms with Gasteiger partial charge in [0.15, 0.2) is 11.5 Å². The minimum Gasteiger partial charge on any atom is -0.382 e. The zero-order chi connectivity index (χ0) is 16.4. The lowest BCUT2D eigenvalue weighted by Gasteiger charge is -2.27. The van der Waals surface area contributed by atoms with Crippen LogP contribution in [0.15, 0.2) is 36.7 Å². The number of nitrogens with zero attached hydrogens (tertiary/aromatic N) is 3. The van der Waals surface area contributed by atoms with E-state index in [-0.39, 0.29) is 23.5 Å². The predicted octanol–water partition coefficient (Wildman–Crippen LogP) is 2.78. The summed E-state index contributed by atoms with van der Waals surface area (Å²) in [6.45, 7) is 4.94. The average molecular weight is 310 g/mol. The Morgan fingerprint density at radius 3 is 2.61 bits per heavy atom. The molecule has 2 aromatic rings. The molecule has 1 aromatic heterocycles. The first-order chi connectivity index (χ1) is 11.1. The lowest BCUT2D eigenvalue weighted by molar-refractivity contribution is 0.0722. The van der Waals surface area contributed by atoms with Crippen LogP contribution in [0.5, 0.6) is 0 Å². The maximum Gasteiger partial charge on any atom is 0.276 e. The summed E-state index contributed by atoms with van der Waals surface area (Å²) in [6.07, 6.45) is 4.89. The van der Waals surface area contributed by atoms with Gasteiger partial charge in [0.1, 0.15) is 0 Å². The summed E-state index contributed by atoms with van der Waals surface area (Å²) < 4.78 is 0. The molecular weight excluding hydrogens is 288 g/mol. The molecule has 23 heavy (non-hydrogen) atoms. The molecule has 0 aliphatic carbocycles. The molecule has 5 heteroatoms. The van der Waals surface area contributed by atoms with Crippen LogP contribution in [0.1, 0.15) is 47.3 Å². The Morgan fingerprint density at radius 2 is 1.96 bits per heavy atom. The number of nitrogens with two attached hydrogens (primary N) is 1. The van der Waals surface area contributed by atoms with E-state index >= 15 is 0 Å². The Balaban J connectivity index is 1.86. The Kier molecular flexibility index (Phi) is 4.28. The molecule has 1 aliphatic rings. The molecule has 1 fully saturated rings. The van der Waals surface area contributed by atoms with Crippen LogP contribution in [0.3, 0.4) is 0 Å². The maximum atomic E-state index is 12.8. The van der Waals surface area contributed by atoms with E-state index in [4.69, 9.17) is 5.73 Å². The molecule has 1 aliphatic heterocycles. The van der Waals surface area contributed by atoms with Crippen molar-refractivity contribution in [3.8, 4) is 0 Å². The van der Waals surface area contributed by atoms with Crippen LogP contribution in [0.4, 0.5) is 5.82 Å². The Morgan fingerprint density at radius 1 is 1.26 bits per heavy atom. The van der Waals surface area contributed by atoms with Crippen LogP contribution in [0.2, 0.25) is 0 Å². The monoisotopic (exact) mass is 310 g/mol. The summed E-state index contributed by atoms with van der Waals surface area (Å²) in [5, 5.41) is 0. The average Bonchev–Trinajstić information content (AvgIpc) is 2.99. The van der Waals surface area contributed by atoms with Crippen molar-refractivity contribution in [3.05, 3.63) is 53.5 Å². The minimum atomic E-state index is -0.114. The summed E-state index contributed by atoms with van der Waals surface area (Å²) in [7, 11) is 0. The van der Waals surface area contributed by atoms with Crippen molar-refractivity contribution in [2.75, 3.05) is 12.3 Å². The molecule has 1 amide bonds. The lowest BCUT2D eigenvalue weighted by Crippen LogP contribution is -2.38. The molecule has 3 rings (SSSR count). The fourth-order valence-electron chi connectivity index (χ4n) is 3.46. The third-order valence-electron chi connectivity index (χ3n) is 4.66. The minimum absolute atomic E-state index is 0.114. The number of aromatic nitrogens is 2. The van der Waals surface area contributed by atoms with E-state index in [1.54, 1.807) is 0 Å². The van der Waals surface area contributed by atoms with Crippen LogP contribution in [0, 0.1) is 6.92 Å². The third-order valence-corrected chi connectivity index (χ3v) is 4.66. The molecule has 5 nitrogen and oxygen atoms in total. The van der Waals surface area contributed by atoms with Crippen LogP contribution in [-0.2, 0) is 0 Å². The second kappa shape index (κ2) is 6.36. The number of aryl methyl sites for hydroxylation is 1. The fourth-order valence-corrected chi connectivity index (χ4v) is 3.46. The van der Waals surface area contributed by atoms with Gasteiger partial charge in [-0.1, -0.05) is 36.8 Å². The fraction of sp³-hybridized carbons (Fsp3) is 0.389. The van der Waals surface area contributed by atoms with Gasteiger partial charge >= 0.3 is 0 Å². The Bertz CT molecular complexity index is 698. The first-order valence-corrected chi connectivity index (χ1v) is 8.05. The van der Waals surface area contributed by atoms with E-state index in [0.29, 0.717) is 5.92 Å². The number of rotatable bonds is 3. The second-order valence-corrected chi connectivity index (χ2v) is 6.07. The van der Waals surface area contributed by atoms with Crippen LogP contribution >= 0.6 is 0 Å². The molecule has 0 bridgehead atoms. The number of anilines is 1. The summed E-state index contributed by atoms with van der Waals surface area (Å²) in [4.78, 5) is 22.8. The molecule has 0 spiro atoms. The highest BCUT2D eigenvalue weighted by Gasteiger charge is 2.37.